The molecule has 4 nitrogen and oxygen atoms in total. The number of ether oxygens (including phenoxy) is 4. The Kier molecular flexibility index (Phi) is 23.5. The molecule has 0 rings (SSSR count). The molecule has 60 heavy (non-hydrogen) atoms. The van der Waals surface area contributed by atoms with Gasteiger partial charge in [0.1, 0.15) is 12.7 Å². The van der Waals surface area contributed by atoms with Crippen LogP contribution in [0.1, 0.15) is 151 Å². The second kappa shape index (κ2) is 24.1. The molecule has 0 fully saturated rings. The maximum atomic E-state index is 14.5. The maximum Gasteiger partial charge on any atom is 0.460 e. The van der Waals surface area contributed by atoms with Crippen molar-refractivity contribution in [3.8, 4) is 0 Å². The average molecular weight is 919 g/mol. The topological polar surface area (TPSA) is 36.9 Å². The number of halogens is 17. The molecule has 21 heteroatoms. The van der Waals surface area contributed by atoms with E-state index >= 15 is 0 Å². The molecule has 0 aromatic carbocycles. The third kappa shape index (κ3) is 17.0. The fourth-order valence-corrected chi connectivity index (χ4v) is 5.64. The van der Waals surface area contributed by atoms with Crippen LogP contribution >= 0.6 is 0 Å². The van der Waals surface area contributed by atoms with Crippen LogP contribution < -0.4 is 0 Å². The van der Waals surface area contributed by atoms with E-state index in [2.05, 4.69) is 11.7 Å². The quantitative estimate of drug-likeness (QED) is 0.0476. The molecule has 0 saturated carbocycles. The van der Waals surface area contributed by atoms with Crippen LogP contribution in [0.25, 0.3) is 0 Å². The summed E-state index contributed by atoms with van der Waals surface area (Å²) in [5.74, 6) is -56.9. The van der Waals surface area contributed by atoms with Crippen molar-refractivity contribution in [2.45, 2.75) is 216 Å². The monoisotopic (exact) mass is 918 g/mol. The first kappa shape index (κ1) is 58.6. The molecule has 0 saturated heterocycles. The zero-order valence-corrected chi connectivity index (χ0v) is 35.2. The highest BCUT2D eigenvalue weighted by molar-refractivity contribution is 5.15. The molecule has 362 valence electrons. The third-order valence-electron chi connectivity index (χ3n) is 9.62. The fraction of sp³-hybridized carbons (Fsp3) is 1.00. The SMILES string of the molecule is CCCCCCCCCCCCCCCCCCOC(COCC(F)(F)C(F)(F)C(F)(F)C(F)(F)C(F)(F)C(F)(F)C(F)(F)C(F)(F)F)COC(C)(C)CCOC(C)(C)C. The predicted molar refractivity (Wildman–Crippen MR) is 191 cm³/mol. The number of unbranched alkanes of at least 4 members (excludes halogenated alkanes) is 15. The molecular weight excluding hydrogens is 855 g/mol. The zero-order chi connectivity index (χ0) is 47.0. The second-order valence-corrected chi connectivity index (χ2v) is 16.7. The number of rotatable bonds is 34. The van der Waals surface area contributed by atoms with Gasteiger partial charge in [-0.25, -0.2) is 0 Å². The van der Waals surface area contributed by atoms with Gasteiger partial charge in [-0.15, -0.1) is 0 Å². The van der Waals surface area contributed by atoms with E-state index in [1.165, 1.54) is 51.4 Å². The van der Waals surface area contributed by atoms with Crippen LogP contribution in [-0.2, 0) is 18.9 Å². The lowest BCUT2D eigenvalue weighted by atomic mass is 9.89. The smallest absolute Gasteiger partial charge is 0.376 e. The summed E-state index contributed by atoms with van der Waals surface area (Å²) < 4.78 is 253. The average Bonchev–Trinajstić information content (AvgIpc) is 3.09. The lowest BCUT2D eigenvalue weighted by Crippen LogP contribution is -2.74. The Balaban J connectivity index is 5.50. The third-order valence-corrected chi connectivity index (χ3v) is 9.62. The largest absolute Gasteiger partial charge is 0.460 e. The number of alkyl halides is 17. The summed E-state index contributed by atoms with van der Waals surface area (Å²) in [5, 5.41) is 0. The summed E-state index contributed by atoms with van der Waals surface area (Å²) in [5.41, 5.74) is -1.55. The second-order valence-electron chi connectivity index (χ2n) is 16.7. The van der Waals surface area contributed by atoms with Gasteiger partial charge < -0.3 is 18.9 Å². The van der Waals surface area contributed by atoms with E-state index in [0.29, 0.717) is 12.8 Å². The Bertz CT molecular complexity index is 1170. The minimum absolute atomic E-state index is 0.0912. The van der Waals surface area contributed by atoms with E-state index in [-0.39, 0.29) is 19.6 Å². The highest BCUT2D eigenvalue weighted by atomic mass is 19.4. The summed E-state index contributed by atoms with van der Waals surface area (Å²) in [4.78, 5) is 0. The van der Waals surface area contributed by atoms with Gasteiger partial charge in [0.25, 0.3) is 0 Å². The molecule has 0 spiro atoms. The minimum atomic E-state index is -8.68. The first-order valence-corrected chi connectivity index (χ1v) is 20.3. The molecule has 0 aromatic rings. The van der Waals surface area contributed by atoms with Gasteiger partial charge in [-0.3, -0.25) is 0 Å². The van der Waals surface area contributed by atoms with Crippen LogP contribution in [0.3, 0.4) is 0 Å². The van der Waals surface area contributed by atoms with Crippen molar-refractivity contribution < 1.29 is 93.6 Å². The maximum absolute atomic E-state index is 14.5. The summed E-state index contributed by atoms with van der Waals surface area (Å²) >= 11 is 0. The van der Waals surface area contributed by atoms with Crippen molar-refractivity contribution in [1.29, 1.82) is 0 Å². The molecular formula is C39H63F17O4. The van der Waals surface area contributed by atoms with E-state index in [1.54, 1.807) is 34.6 Å². The predicted octanol–water partition coefficient (Wildman–Crippen LogP) is 14.7. The number of hydrogen-bond acceptors (Lipinski definition) is 4. The molecule has 0 heterocycles. The van der Waals surface area contributed by atoms with Crippen molar-refractivity contribution in [3.63, 3.8) is 0 Å². The van der Waals surface area contributed by atoms with E-state index in [1.807, 2.05) is 0 Å². The molecule has 1 atom stereocenters. The minimum Gasteiger partial charge on any atom is -0.376 e. The van der Waals surface area contributed by atoms with Gasteiger partial charge in [-0.1, -0.05) is 103 Å². The Morgan fingerprint density at radius 2 is 0.767 bits per heavy atom. The number of hydrogen-bond donors (Lipinski definition) is 0. The summed E-state index contributed by atoms with van der Waals surface area (Å²) in [6.07, 6.45) is 7.91. The van der Waals surface area contributed by atoms with Gasteiger partial charge >= 0.3 is 47.6 Å². The van der Waals surface area contributed by atoms with Gasteiger partial charge in [0.2, 0.25) is 0 Å². The van der Waals surface area contributed by atoms with Crippen molar-refractivity contribution >= 4 is 0 Å². The van der Waals surface area contributed by atoms with Gasteiger partial charge in [-0.2, -0.15) is 74.6 Å². The zero-order valence-electron chi connectivity index (χ0n) is 35.2. The molecule has 0 aromatic heterocycles. The lowest BCUT2D eigenvalue weighted by Gasteiger charge is -2.42. The standard InChI is InChI=1S/C39H63F17O4/c1-7-8-9-10-11-12-13-14-15-16-17-18-19-20-21-22-24-58-29(27-60-31(5,6)23-25-59-30(2,3)4)26-57-28-32(40,41)33(42,43)34(44,45)35(46,47)36(48,49)37(50,51)38(52,53)39(54,55)56/h29H,7-28H2,1-6H3. The molecule has 0 aliphatic rings. The van der Waals surface area contributed by atoms with Crippen LogP contribution in [0.15, 0.2) is 0 Å². The van der Waals surface area contributed by atoms with E-state index < -0.39 is 84.8 Å². The lowest BCUT2D eigenvalue weighted by molar-refractivity contribution is -0.462. The van der Waals surface area contributed by atoms with Crippen molar-refractivity contribution in [2.75, 3.05) is 33.0 Å². The summed E-state index contributed by atoms with van der Waals surface area (Å²) in [6, 6.07) is 0. The Labute approximate surface area is 342 Å². The summed E-state index contributed by atoms with van der Waals surface area (Å²) in [7, 11) is 0. The molecule has 0 aliphatic carbocycles. The van der Waals surface area contributed by atoms with Crippen LogP contribution in [0.5, 0.6) is 0 Å². The van der Waals surface area contributed by atoms with Gasteiger partial charge in [0.05, 0.1) is 24.4 Å². The molecule has 0 aliphatic heterocycles. The van der Waals surface area contributed by atoms with Crippen molar-refractivity contribution in [1.82, 2.24) is 0 Å². The fourth-order valence-electron chi connectivity index (χ4n) is 5.64. The van der Waals surface area contributed by atoms with Crippen molar-refractivity contribution in [3.05, 3.63) is 0 Å². The van der Waals surface area contributed by atoms with Gasteiger partial charge in [-0.05, 0) is 47.5 Å². The molecule has 0 radical (unpaired) electrons. The van der Waals surface area contributed by atoms with Crippen LogP contribution in [0.4, 0.5) is 74.6 Å². The Hall–Kier alpha value is -1.35. The molecule has 0 amide bonds. The van der Waals surface area contributed by atoms with Crippen LogP contribution in [0, 0.1) is 0 Å². The Morgan fingerprint density at radius 1 is 0.400 bits per heavy atom. The first-order chi connectivity index (χ1) is 27.1. The molecule has 0 N–H and O–H groups in total. The normalized spacial score (nSPS) is 15.2. The van der Waals surface area contributed by atoms with Gasteiger partial charge in [0.15, 0.2) is 0 Å². The van der Waals surface area contributed by atoms with E-state index in [0.717, 1.165) is 38.5 Å². The highest BCUT2D eigenvalue weighted by Gasteiger charge is 2.95. The van der Waals surface area contributed by atoms with E-state index in [9.17, 15) is 74.6 Å². The van der Waals surface area contributed by atoms with Crippen LogP contribution in [-0.4, -0.2) is 98.0 Å². The first-order valence-electron chi connectivity index (χ1n) is 20.3. The molecule has 0 bridgehead atoms. The van der Waals surface area contributed by atoms with Crippen molar-refractivity contribution in [2.24, 2.45) is 0 Å². The van der Waals surface area contributed by atoms with Gasteiger partial charge in [0, 0.05) is 13.2 Å². The molecule has 1 unspecified atom stereocenters. The Morgan fingerprint density at radius 3 is 1.15 bits per heavy atom. The van der Waals surface area contributed by atoms with Crippen LogP contribution in [0.2, 0.25) is 0 Å². The van der Waals surface area contributed by atoms with E-state index in [4.69, 9.17) is 14.2 Å². The summed E-state index contributed by atoms with van der Waals surface area (Å²) in [6.45, 7) is 5.99. The highest BCUT2D eigenvalue weighted by Crippen LogP contribution is 2.64.